The number of hydrogen-bond donors (Lipinski definition) is 0. The largest absolute Gasteiger partial charge is 0.422 e. The van der Waals surface area contributed by atoms with E-state index < -0.39 is 0 Å². The van der Waals surface area contributed by atoms with Gasteiger partial charge in [-0.2, -0.15) is 0 Å². The molecule has 0 aliphatic heterocycles. The van der Waals surface area contributed by atoms with Crippen molar-refractivity contribution in [2.45, 2.75) is 27.7 Å². The molecule has 0 atom stereocenters. The molecule has 0 saturated heterocycles. The molecule has 346 valence electrons. The van der Waals surface area contributed by atoms with Gasteiger partial charge >= 0.3 is 11.3 Å². The standard InChI is InChI=1S/C62H54N4O4/c1-5-63(6-2)55-37-27-47-39-57(61(67)69-59(47)41-55)45-23-33-53(34-24-45)65(49-15-11-9-12-16-49)51-29-19-43(20-30-51)44-21-31-52(32-22-44)66(50-17-13-10-14-18-50)54-35-25-46(26-36-54)58-40-48-28-38-56(64(7-3)8-4)42-60(48)70-62(58)68/h9-42H,5-8H2,1-4H3. The number of fused-ring (bicyclic) bond motifs is 2. The normalized spacial score (nSPS) is 11.2. The number of para-hydroxylation sites is 2. The van der Waals surface area contributed by atoms with Crippen LogP contribution in [0, 0.1) is 0 Å². The predicted molar refractivity (Wildman–Crippen MR) is 291 cm³/mol. The third kappa shape index (κ3) is 9.07. The monoisotopic (exact) mass is 918 g/mol. The van der Waals surface area contributed by atoms with Gasteiger partial charge in [-0.05, 0) is 159 Å². The van der Waals surface area contributed by atoms with E-state index in [2.05, 4.69) is 156 Å². The second-order valence-corrected chi connectivity index (χ2v) is 17.2. The van der Waals surface area contributed by atoms with Crippen LogP contribution in [0.5, 0.6) is 0 Å². The Bertz CT molecular complexity index is 3270. The van der Waals surface area contributed by atoms with E-state index in [4.69, 9.17) is 8.83 Å². The van der Waals surface area contributed by atoms with Crippen LogP contribution < -0.4 is 30.9 Å². The number of rotatable bonds is 15. The molecule has 0 spiro atoms. The van der Waals surface area contributed by atoms with Crippen LogP contribution in [0.1, 0.15) is 27.7 Å². The maximum atomic E-state index is 13.4. The maximum Gasteiger partial charge on any atom is 0.344 e. The quantitative estimate of drug-likeness (QED) is 0.0942. The van der Waals surface area contributed by atoms with Gasteiger partial charge in [0, 0.05) is 94.6 Å². The molecular weight excluding hydrogens is 865 g/mol. The molecule has 10 rings (SSSR count). The molecule has 8 heteroatoms. The van der Waals surface area contributed by atoms with Crippen molar-refractivity contribution in [1.29, 1.82) is 0 Å². The van der Waals surface area contributed by atoms with Crippen molar-refractivity contribution in [1.82, 2.24) is 0 Å². The summed E-state index contributed by atoms with van der Waals surface area (Å²) in [5, 5.41) is 1.77. The van der Waals surface area contributed by atoms with Gasteiger partial charge in [0.05, 0.1) is 11.1 Å². The molecule has 0 aliphatic rings. The molecule has 10 aromatic rings. The van der Waals surface area contributed by atoms with Crippen LogP contribution in [0.4, 0.5) is 45.5 Å². The van der Waals surface area contributed by atoms with Crippen molar-refractivity contribution in [3.8, 4) is 33.4 Å². The Morgan fingerprint density at radius 3 is 0.914 bits per heavy atom. The van der Waals surface area contributed by atoms with E-state index >= 15 is 0 Å². The van der Waals surface area contributed by atoms with E-state index in [1.807, 2.05) is 97.1 Å². The minimum absolute atomic E-state index is 0.360. The number of hydrogen-bond acceptors (Lipinski definition) is 8. The average molecular weight is 919 g/mol. The van der Waals surface area contributed by atoms with E-state index in [1.54, 1.807) is 0 Å². The average Bonchev–Trinajstić information content (AvgIpc) is 3.40. The van der Waals surface area contributed by atoms with Gasteiger partial charge in [0.15, 0.2) is 0 Å². The summed E-state index contributed by atoms with van der Waals surface area (Å²) in [6.07, 6.45) is 0. The van der Waals surface area contributed by atoms with Crippen LogP contribution in [0.25, 0.3) is 55.3 Å². The first-order valence-corrected chi connectivity index (χ1v) is 24.1. The van der Waals surface area contributed by atoms with Gasteiger partial charge < -0.3 is 28.4 Å². The molecule has 2 aromatic heterocycles. The fraction of sp³-hybridized carbons (Fsp3) is 0.129. The zero-order valence-electron chi connectivity index (χ0n) is 39.9. The second kappa shape index (κ2) is 19.9. The van der Waals surface area contributed by atoms with Gasteiger partial charge in [0.1, 0.15) is 11.2 Å². The SMILES string of the molecule is CCN(CC)c1ccc2cc(-c3ccc(N(c4ccccc4)c4ccc(-c5ccc(N(c6ccccc6)c6ccc(-c7cc8ccc(N(CC)CC)cc8oc7=O)cc6)cc5)cc4)cc3)c(=O)oc2c1. The topological polar surface area (TPSA) is 73.4 Å². The highest BCUT2D eigenvalue weighted by Crippen LogP contribution is 2.39. The first-order chi connectivity index (χ1) is 34.3. The summed E-state index contributed by atoms with van der Waals surface area (Å²) in [6, 6.07) is 69.9. The zero-order chi connectivity index (χ0) is 48.1. The molecule has 8 aromatic carbocycles. The molecule has 0 amide bonds. The summed E-state index contributed by atoms with van der Waals surface area (Å²) in [7, 11) is 0. The Kier molecular flexibility index (Phi) is 12.9. The Morgan fingerprint density at radius 2 is 0.600 bits per heavy atom. The molecule has 0 fully saturated rings. The Morgan fingerprint density at radius 1 is 0.314 bits per heavy atom. The fourth-order valence-electron chi connectivity index (χ4n) is 9.41. The van der Waals surface area contributed by atoms with Crippen LogP contribution in [-0.4, -0.2) is 26.2 Å². The lowest BCUT2D eigenvalue weighted by molar-refractivity contribution is 0.563. The summed E-state index contributed by atoms with van der Waals surface area (Å²) >= 11 is 0. The van der Waals surface area contributed by atoms with Gasteiger partial charge in [-0.3, -0.25) is 0 Å². The lowest BCUT2D eigenvalue weighted by Crippen LogP contribution is -2.21. The lowest BCUT2D eigenvalue weighted by Gasteiger charge is -2.26. The van der Waals surface area contributed by atoms with Crippen LogP contribution in [0.2, 0.25) is 0 Å². The van der Waals surface area contributed by atoms with Crippen LogP contribution in [0.15, 0.2) is 225 Å². The molecule has 0 radical (unpaired) electrons. The van der Waals surface area contributed by atoms with Crippen LogP contribution in [-0.2, 0) is 0 Å². The van der Waals surface area contributed by atoms with Crippen molar-refractivity contribution < 1.29 is 8.83 Å². The number of benzene rings is 8. The fourth-order valence-corrected chi connectivity index (χ4v) is 9.41. The van der Waals surface area contributed by atoms with Gasteiger partial charge in [0.25, 0.3) is 0 Å². The first kappa shape index (κ1) is 45.2. The molecule has 70 heavy (non-hydrogen) atoms. The molecule has 0 N–H and O–H groups in total. The first-order valence-electron chi connectivity index (χ1n) is 24.1. The number of anilines is 8. The van der Waals surface area contributed by atoms with E-state index in [0.29, 0.717) is 22.3 Å². The highest BCUT2D eigenvalue weighted by atomic mass is 16.4. The van der Waals surface area contributed by atoms with Crippen molar-refractivity contribution in [2.75, 3.05) is 45.8 Å². The molecule has 0 unspecified atom stereocenters. The molecule has 2 heterocycles. The van der Waals surface area contributed by atoms with Gasteiger partial charge in [-0.25, -0.2) is 9.59 Å². The summed E-state index contributed by atoms with van der Waals surface area (Å²) in [6.45, 7) is 12.0. The maximum absolute atomic E-state index is 13.4. The second-order valence-electron chi connectivity index (χ2n) is 17.2. The number of nitrogens with zero attached hydrogens (tertiary/aromatic N) is 4. The molecular formula is C62H54N4O4. The molecule has 8 nitrogen and oxygen atoms in total. The molecule has 0 aliphatic carbocycles. The van der Waals surface area contributed by atoms with Crippen molar-refractivity contribution in [3.05, 3.63) is 227 Å². The van der Waals surface area contributed by atoms with Gasteiger partial charge in [-0.15, -0.1) is 0 Å². The molecule has 0 saturated carbocycles. The summed E-state index contributed by atoms with van der Waals surface area (Å²) in [5.41, 5.74) is 13.3. The van der Waals surface area contributed by atoms with E-state index in [1.165, 1.54) is 0 Å². The van der Waals surface area contributed by atoms with Crippen molar-refractivity contribution in [3.63, 3.8) is 0 Å². The highest BCUT2D eigenvalue weighted by Gasteiger charge is 2.18. The van der Waals surface area contributed by atoms with Crippen molar-refractivity contribution in [2.24, 2.45) is 0 Å². The minimum atomic E-state index is -0.360. The minimum Gasteiger partial charge on any atom is -0.422 e. The van der Waals surface area contributed by atoms with Crippen molar-refractivity contribution >= 4 is 67.4 Å². The summed E-state index contributed by atoms with van der Waals surface area (Å²) < 4.78 is 11.8. The van der Waals surface area contributed by atoms with Crippen LogP contribution in [0.3, 0.4) is 0 Å². The zero-order valence-corrected chi connectivity index (χ0v) is 39.9. The predicted octanol–water partition coefficient (Wildman–Crippen LogP) is 15.5. The van der Waals surface area contributed by atoms with E-state index in [9.17, 15) is 9.59 Å². The third-order valence-corrected chi connectivity index (χ3v) is 13.2. The van der Waals surface area contributed by atoms with Gasteiger partial charge in [-0.1, -0.05) is 84.9 Å². The lowest BCUT2D eigenvalue weighted by atomic mass is 10.0. The highest BCUT2D eigenvalue weighted by molar-refractivity contribution is 5.88. The van der Waals surface area contributed by atoms with Crippen LogP contribution >= 0.6 is 0 Å². The molecule has 0 bridgehead atoms. The Balaban J connectivity index is 0.903. The summed E-state index contributed by atoms with van der Waals surface area (Å²) in [4.78, 5) is 35.6. The van der Waals surface area contributed by atoms with Gasteiger partial charge in [0.2, 0.25) is 0 Å². The third-order valence-electron chi connectivity index (χ3n) is 13.2. The van der Waals surface area contributed by atoms with E-state index in [-0.39, 0.29) is 11.3 Å². The Labute approximate surface area is 408 Å². The smallest absolute Gasteiger partial charge is 0.344 e. The Hall–Kier alpha value is -8.62. The summed E-state index contributed by atoms with van der Waals surface area (Å²) in [5.74, 6) is 0. The van der Waals surface area contributed by atoms with E-state index in [0.717, 1.165) is 105 Å².